The maximum atomic E-state index is 6.72. The average Bonchev–Trinajstić information content (AvgIpc) is 3.42. The van der Waals surface area contributed by atoms with Crippen LogP contribution in [-0.4, -0.2) is 0 Å². The van der Waals surface area contributed by atoms with Crippen molar-refractivity contribution < 1.29 is 4.42 Å². The molecule has 1 heterocycles. The van der Waals surface area contributed by atoms with Crippen LogP contribution in [0.25, 0.3) is 98.1 Å². The monoisotopic (exact) mass is 544 g/mol. The SMILES string of the molecule is c1ccc2cc3c(cc2c1)oc1cc(-c2ccc4ccc5cccc6ccc2c4c56)cc(-c2cccc4ccccc24)c13. The summed E-state index contributed by atoms with van der Waals surface area (Å²) >= 11 is 0. The molecule has 43 heavy (non-hydrogen) atoms. The van der Waals surface area contributed by atoms with Crippen LogP contribution in [0.5, 0.6) is 0 Å². The van der Waals surface area contributed by atoms with E-state index in [9.17, 15) is 0 Å². The Morgan fingerprint density at radius 1 is 0.302 bits per heavy atom. The van der Waals surface area contributed by atoms with Crippen LogP contribution in [-0.2, 0) is 0 Å². The zero-order valence-electron chi connectivity index (χ0n) is 23.3. The van der Waals surface area contributed by atoms with Crippen molar-refractivity contribution in [3.63, 3.8) is 0 Å². The molecule has 1 heteroatoms. The summed E-state index contributed by atoms with van der Waals surface area (Å²) in [6, 6.07) is 53.2. The van der Waals surface area contributed by atoms with E-state index < -0.39 is 0 Å². The fourth-order valence-corrected chi connectivity index (χ4v) is 7.41. The van der Waals surface area contributed by atoms with Crippen molar-refractivity contribution in [3.8, 4) is 22.3 Å². The molecule has 198 valence electrons. The fraction of sp³-hybridized carbons (Fsp3) is 0. The highest BCUT2D eigenvalue weighted by molar-refractivity contribution is 6.26. The van der Waals surface area contributed by atoms with Crippen molar-refractivity contribution in [2.24, 2.45) is 0 Å². The average molecular weight is 545 g/mol. The third kappa shape index (κ3) is 3.22. The summed E-state index contributed by atoms with van der Waals surface area (Å²) in [5, 5.41) is 15.0. The van der Waals surface area contributed by atoms with Gasteiger partial charge in [0, 0.05) is 10.8 Å². The lowest BCUT2D eigenvalue weighted by Gasteiger charge is -2.16. The molecule has 10 aromatic rings. The van der Waals surface area contributed by atoms with E-state index >= 15 is 0 Å². The third-order valence-corrected chi connectivity index (χ3v) is 9.36. The van der Waals surface area contributed by atoms with Gasteiger partial charge >= 0.3 is 0 Å². The highest BCUT2D eigenvalue weighted by Crippen LogP contribution is 2.45. The summed E-state index contributed by atoms with van der Waals surface area (Å²) in [5.74, 6) is 0. The van der Waals surface area contributed by atoms with Gasteiger partial charge in [-0.25, -0.2) is 0 Å². The Hall–Kier alpha value is -5.66. The van der Waals surface area contributed by atoms with Gasteiger partial charge in [-0.3, -0.25) is 0 Å². The normalized spacial score (nSPS) is 12.2. The van der Waals surface area contributed by atoms with E-state index in [-0.39, 0.29) is 0 Å². The van der Waals surface area contributed by atoms with Crippen molar-refractivity contribution in [1.82, 2.24) is 0 Å². The molecule has 0 unspecified atom stereocenters. The van der Waals surface area contributed by atoms with Gasteiger partial charge in [-0.05, 0) is 100 Å². The van der Waals surface area contributed by atoms with Crippen LogP contribution in [0.2, 0.25) is 0 Å². The molecule has 1 nitrogen and oxygen atoms in total. The van der Waals surface area contributed by atoms with Crippen LogP contribution in [0.1, 0.15) is 0 Å². The largest absolute Gasteiger partial charge is 0.456 e. The molecule has 0 fully saturated rings. The van der Waals surface area contributed by atoms with E-state index in [2.05, 4.69) is 146 Å². The van der Waals surface area contributed by atoms with E-state index in [1.807, 2.05) is 0 Å². The lowest BCUT2D eigenvalue weighted by Crippen LogP contribution is -1.89. The van der Waals surface area contributed by atoms with Crippen molar-refractivity contribution in [1.29, 1.82) is 0 Å². The Morgan fingerprint density at radius 2 is 0.953 bits per heavy atom. The smallest absolute Gasteiger partial charge is 0.136 e. The molecule has 0 aliphatic heterocycles. The topological polar surface area (TPSA) is 13.1 Å². The second-order valence-corrected chi connectivity index (χ2v) is 11.7. The van der Waals surface area contributed by atoms with Crippen LogP contribution >= 0.6 is 0 Å². The van der Waals surface area contributed by atoms with Gasteiger partial charge in [0.2, 0.25) is 0 Å². The second-order valence-electron chi connectivity index (χ2n) is 11.7. The zero-order chi connectivity index (χ0) is 28.1. The second kappa shape index (κ2) is 8.44. The van der Waals surface area contributed by atoms with Crippen LogP contribution in [0, 0.1) is 0 Å². The standard InChI is InChI=1S/C42H24O/c1-2-9-30-23-38-37(21-29(30)8-1)42-36(34-14-6-10-25-7-3-4-13-32(25)34)22-31(24-39(42)43-38)33-19-17-28-16-15-26-11-5-12-27-18-20-35(33)41(28)40(26)27/h1-24H. The minimum Gasteiger partial charge on any atom is -0.456 e. The fourth-order valence-electron chi connectivity index (χ4n) is 7.41. The van der Waals surface area contributed by atoms with E-state index in [0.29, 0.717) is 0 Å². The van der Waals surface area contributed by atoms with Crippen molar-refractivity contribution >= 4 is 75.8 Å². The van der Waals surface area contributed by atoms with Crippen molar-refractivity contribution in [3.05, 3.63) is 146 Å². The first kappa shape index (κ1) is 23.0. The minimum atomic E-state index is 0.913. The minimum absolute atomic E-state index is 0.913. The first-order valence-corrected chi connectivity index (χ1v) is 14.8. The third-order valence-electron chi connectivity index (χ3n) is 9.36. The molecule has 10 rings (SSSR count). The Labute approximate surface area is 247 Å². The van der Waals surface area contributed by atoms with E-state index in [1.165, 1.54) is 75.9 Å². The molecule has 1 aromatic heterocycles. The number of rotatable bonds is 2. The van der Waals surface area contributed by atoms with Gasteiger partial charge in [0.05, 0.1) is 0 Å². The molecule has 0 atom stereocenters. The van der Waals surface area contributed by atoms with Gasteiger partial charge in [0.15, 0.2) is 0 Å². The highest BCUT2D eigenvalue weighted by Gasteiger charge is 2.19. The van der Waals surface area contributed by atoms with Crippen molar-refractivity contribution in [2.75, 3.05) is 0 Å². The number of furan rings is 1. The Balaban J connectivity index is 1.35. The summed E-state index contributed by atoms with van der Waals surface area (Å²) in [5.41, 5.74) is 6.64. The molecule has 0 aliphatic rings. The number of fused-ring (bicyclic) bond motifs is 5. The highest BCUT2D eigenvalue weighted by atomic mass is 16.3. The number of hydrogen-bond donors (Lipinski definition) is 0. The molecular formula is C42H24O. The molecular weight excluding hydrogens is 520 g/mol. The van der Waals surface area contributed by atoms with Gasteiger partial charge in [-0.15, -0.1) is 0 Å². The Kier molecular flexibility index (Phi) is 4.51. The summed E-state index contributed by atoms with van der Waals surface area (Å²) < 4.78 is 6.72. The van der Waals surface area contributed by atoms with Gasteiger partial charge in [0.25, 0.3) is 0 Å². The predicted octanol–water partition coefficient (Wildman–Crippen LogP) is 12.1. The predicted molar refractivity (Wildman–Crippen MR) is 183 cm³/mol. The van der Waals surface area contributed by atoms with Gasteiger partial charge in [0.1, 0.15) is 11.2 Å². The summed E-state index contributed by atoms with van der Waals surface area (Å²) in [4.78, 5) is 0. The van der Waals surface area contributed by atoms with Gasteiger partial charge < -0.3 is 4.42 Å². The first-order chi connectivity index (χ1) is 21.3. The maximum absolute atomic E-state index is 6.72. The molecule has 0 saturated heterocycles. The Bertz CT molecular complexity index is 2700. The van der Waals surface area contributed by atoms with Crippen LogP contribution in [0.3, 0.4) is 0 Å². The van der Waals surface area contributed by atoms with E-state index in [1.54, 1.807) is 0 Å². The molecule has 0 spiro atoms. The molecule has 9 aromatic carbocycles. The molecule has 0 bridgehead atoms. The lowest BCUT2D eigenvalue weighted by atomic mass is 9.87. The van der Waals surface area contributed by atoms with E-state index in [4.69, 9.17) is 4.42 Å². The van der Waals surface area contributed by atoms with Gasteiger partial charge in [-0.2, -0.15) is 0 Å². The van der Waals surface area contributed by atoms with Crippen LogP contribution in [0.15, 0.2) is 150 Å². The molecule has 0 radical (unpaired) electrons. The maximum Gasteiger partial charge on any atom is 0.136 e. The number of benzene rings is 9. The molecule has 0 aliphatic carbocycles. The van der Waals surface area contributed by atoms with Crippen LogP contribution in [0.4, 0.5) is 0 Å². The summed E-state index contributed by atoms with van der Waals surface area (Å²) in [6.07, 6.45) is 0. The first-order valence-electron chi connectivity index (χ1n) is 14.8. The van der Waals surface area contributed by atoms with Crippen LogP contribution < -0.4 is 0 Å². The number of hydrogen-bond acceptors (Lipinski definition) is 1. The lowest BCUT2D eigenvalue weighted by molar-refractivity contribution is 0.669. The zero-order valence-corrected chi connectivity index (χ0v) is 23.3. The molecule has 0 N–H and O–H groups in total. The summed E-state index contributed by atoms with van der Waals surface area (Å²) in [7, 11) is 0. The molecule has 0 saturated carbocycles. The Morgan fingerprint density at radius 3 is 1.81 bits per heavy atom. The van der Waals surface area contributed by atoms with Crippen molar-refractivity contribution in [2.45, 2.75) is 0 Å². The summed E-state index contributed by atoms with van der Waals surface area (Å²) in [6.45, 7) is 0. The van der Waals surface area contributed by atoms with Gasteiger partial charge in [-0.1, -0.05) is 121 Å². The molecule has 0 amide bonds. The van der Waals surface area contributed by atoms with E-state index in [0.717, 1.165) is 22.1 Å². The quantitative estimate of drug-likeness (QED) is 0.197.